The quantitative estimate of drug-likeness (QED) is 0.0394. The van der Waals surface area contributed by atoms with Gasteiger partial charge in [-0.15, -0.1) is 6.58 Å². The smallest absolute Gasteiger partial charge is 0.305 e. The molecule has 1 N–H and O–H groups in total. The number of carbonyl (C=O) groups is 1. The number of ether oxygens (including phenoxy) is 3. The SMILES string of the molecule is C=CCOC(C)C(CCCCCCCCCCCCCCC)OCCCOC(=O)CCCC[N+](C)(C)CCO.[I-]. The van der Waals surface area contributed by atoms with Gasteiger partial charge in [0.15, 0.2) is 0 Å². The van der Waals surface area contributed by atoms with Crippen LogP contribution in [0.5, 0.6) is 0 Å². The van der Waals surface area contributed by atoms with Crippen LogP contribution in [-0.4, -0.2) is 81.4 Å². The Labute approximate surface area is 265 Å². The molecule has 2 unspecified atom stereocenters. The van der Waals surface area contributed by atoms with Crippen molar-refractivity contribution in [2.45, 2.75) is 142 Å². The normalized spacial score (nSPS) is 13.0. The van der Waals surface area contributed by atoms with E-state index in [2.05, 4.69) is 34.5 Å². The van der Waals surface area contributed by atoms with Crippen LogP contribution in [0.2, 0.25) is 0 Å². The molecule has 0 aromatic rings. The fourth-order valence-electron chi connectivity index (χ4n) is 4.89. The van der Waals surface area contributed by atoms with Crippen molar-refractivity contribution in [1.82, 2.24) is 0 Å². The molecule has 0 aliphatic heterocycles. The van der Waals surface area contributed by atoms with Gasteiger partial charge in [-0.05, 0) is 26.2 Å². The molecule has 0 rings (SSSR count). The average Bonchev–Trinajstić information content (AvgIpc) is 2.90. The van der Waals surface area contributed by atoms with Crippen molar-refractivity contribution >= 4 is 5.97 Å². The molecule has 0 aromatic carbocycles. The highest BCUT2D eigenvalue weighted by Gasteiger charge is 2.18. The van der Waals surface area contributed by atoms with Gasteiger partial charge in [-0.2, -0.15) is 0 Å². The standard InChI is InChI=1S/C33H66NO5.HI/c1-6-8-9-10-11-12-13-14-15-16-17-18-19-23-32(31(3)37-28-7-2)38-29-22-30-39-33(36)24-20-21-25-34(4,5)26-27-35;/h7,31-32,35H,2,6,8-30H2,1,3-5H3;1H/q+1;/p-1. The number of aliphatic hydroxyl groups excluding tert-OH is 1. The fourth-order valence-corrected chi connectivity index (χ4v) is 4.89. The van der Waals surface area contributed by atoms with Gasteiger partial charge in [0.05, 0.1) is 59.3 Å². The summed E-state index contributed by atoms with van der Waals surface area (Å²) in [5, 5.41) is 9.11. The molecule has 2 atom stereocenters. The first kappa shape index (κ1) is 41.9. The number of hydrogen-bond donors (Lipinski definition) is 1. The molecule has 0 heterocycles. The molecule has 7 heteroatoms. The summed E-state index contributed by atoms with van der Waals surface area (Å²) in [5.74, 6) is -0.131. The van der Waals surface area contributed by atoms with Crippen molar-refractivity contribution in [2.24, 2.45) is 0 Å². The lowest BCUT2D eigenvalue weighted by molar-refractivity contribution is -0.890. The van der Waals surface area contributed by atoms with Crippen LogP contribution in [0.1, 0.15) is 129 Å². The second kappa shape index (κ2) is 30.2. The number of rotatable bonds is 30. The minimum atomic E-state index is -0.131. The zero-order valence-corrected chi connectivity index (χ0v) is 29.0. The Morgan fingerprint density at radius 1 is 0.800 bits per heavy atom. The monoisotopic (exact) mass is 683 g/mol. The highest BCUT2D eigenvalue weighted by Crippen LogP contribution is 2.17. The van der Waals surface area contributed by atoms with Crippen molar-refractivity contribution < 1.29 is 52.6 Å². The Balaban J connectivity index is 0. The number of likely N-dealkylation sites (N-methyl/N-ethyl adjacent to an activating group) is 1. The molecule has 0 aliphatic rings. The maximum atomic E-state index is 12.0. The summed E-state index contributed by atoms with van der Waals surface area (Å²) < 4.78 is 18.2. The first-order valence-electron chi connectivity index (χ1n) is 16.3. The van der Waals surface area contributed by atoms with E-state index in [1.165, 1.54) is 77.0 Å². The van der Waals surface area contributed by atoms with E-state index in [-0.39, 0.29) is 48.8 Å². The average molecular weight is 684 g/mol. The van der Waals surface area contributed by atoms with Gasteiger partial charge in [-0.25, -0.2) is 0 Å². The molecule has 0 saturated heterocycles. The second-order valence-corrected chi connectivity index (χ2v) is 11.9. The van der Waals surface area contributed by atoms with Crippen molar-refractivity contribution in [2.75, 3.05) is 53.6 Å². The summed E-state index contributed by atoms with van der Waals surface area (Å²) in [6.45, 7) is 11.5. The van der Waals surface area contributed by atoms with Gasteiger partial charge in [0.2, 0.25) is 0 Å². The van der Waals surface area contributed by atoms with Gasteiger partial charge in [-0.1, -0.05) is 96.5 Å². The van der Waals surface area contributed by atoms with Crippen molar-refractivity contribution in [3.8, 4) is 0 Å². The maximum Gasteiger partial charge on any atom is 0.305 e. The first-order valence-corrected chi connectivity index (χ1v) is 16.3. The first-order chi connectivity index (χ1) is 18.9. The zero-order valence-electron chi connectivity index (χ0n) is 26.8. The van der Waals surface area contributed by atoms with E-state index in [9.17, 15) is 4.79 Å². The number of carbonyl (C=O) groups excluding carboxylic acids is 1. The molecule has 0 bridgehead atoms. The number of esters is 1. The largest absolute Gasteiger partial charge is 1.00 e. The van der Waals surface area contributed by atoms with Gasteiger partial charge in [0, 0.05) is 12.8 Å². The molecular weight excluding hydrogens is 617 g/mol. The molecule has 0 aromatic heterocycles. The third-order valence-electron chi connectivity index (χ3n) is 7.58. The molecule has 0 fully saturated rings. The van der Waals surface area contributed by atoms with Crippen LogP contribution in [0.25, 0.3) is 0 Å². The van der Waals surface area contributed by atoms with E-state index < -0.39 is 0 Å². The van der Waals surface area contributed by atoms with Crippen molar-refractivity contribution in [1.29, 1.82) is 0 Å². The van der Waals surface area contributed by atoms with Crippen LogP contribution in [-0.2, 0) is 19.0 Å². The molecule has 0 radical (unpaired) electrons. The second-order valence-electron chi connectivity index (χ2n) is 11.9. The number of unbranched alkanes of at least 4 members (excludes halogenated alkanes) is 13. The van der Waals surface area contributed by atoms with E-state index in [4.69, 9.17) is 19.3 Å². The summed E-state index contributed by atoms with van der Waals surface area (Å²) >= 11 is 0. The lowest BCUT2D eigenvalue weighted by Gasteiger charge is -2.28. The van der Waals surface area contributed by atoms with E-state index in [1.807, 2.05) is 0 Å². The van der Waals surface area contributed by atoms with Crippen LogP contribution in [0.3, 0.4) is 0 Å². The van der Waals surface area contributed by atoms with E-state index in [0.29, 0.717) is 32.7 Å². The predicted molar refractivity (Wildman–Crippen MR) is 164 cm³/mol. The summed E-state index contributed by atoms with van der Waals surface area (Å²) in [4.78, 5) is 12.0. The highest BCUT2D eigenvalue weighted by molar-refractivity contribution is 5.69. The molecular formula is C33H66INO5. The van der Waals surface area contributed by atoms with Gasteiger partial charge >= 0.3 is 5.97 Å². The van der Waals surface area contributed by atoms with Crippen LogP contribution in [0.15, 0.2) is 12.7 Å². The third-order valence-corrected chi connectivity index (χ3v) is 7.58. The molecule has 0 spiro atoms. The fraction of sp³-hybridized carbons (Fsp3) is 0.909. The molecule has 40 heavy (non-hydrogen) atoms. The highest BCUT2D eigenvalue weighted by atomic mass is 127. The third kappa shape index (κ3) is 27.9. The van der Waals surface area contributed by atoms with Gasteiger partial charge < -0.3 is 47.8 Å². The van der Waals surface area contributed by atoms with E-state index >= 15 is 0 Å². The molecule has 0 amide bonds. The van der Waals surface area contributed by atoms with Gasteiger partial charge in [-0.3, -0.25) is 4.79 Å². The summed E-state index contributed by atoms with van der Waals surface area (Å²) in [7, 11) is 4.20. The number of quaternary nitrogens is 1. The Kier molecular flexibility index (Phi) is 31.7. The van der Waals surface area contributed by atoms with Crippen molar-refractivity contribution in [3.63, 3.8) is 0 Å². The van der Waals surface area contributed by atoms with Crippen LogP contribution < -0.4 is 24.0 Å². The van der Waals surface area contributed by atoms with E-state index in [0.717, 1.165) is 43.3 Å². The van der Waals surface area contributed by atoms with Crippen LogP contribution in [0, 0.1) is 0 Å². The summed E-state index contributed by atoms with van der Waals surface area (Å²) in [6, 6.07) is 0. The number of nitrogens with zero attached hydrogens (tertiary/aromatic N) is 1. The zero-order chi connectivity index (χ0) is 29.0. The molecule has 6 nitrogen and oxygen atoms in total. The summed E-state index contributed by atoms with van der Waals surface area (Å²) in [5.41, 5.74) is 0. The topological polar surface area (TPSA) is 65.0 Å². The van der Waals surface area contributed by atoms with E-state index in [1.54, 1.807) is 6.08 Å². The number of hydrogen-bond acceptors (Lipinski definition) is 5. The maximum absolute atomic E-state index is 12.0. The van der Waals surface area contributed by atoms with Gasteiger partial charge in [0.25, 0.3) is 0 Å². The van der Waals surface area contributed by atoms with Crippen LogP contribution in [0.4, 0.5) is 0 Å². The van der Waals surface area contributed by atoms with Gasteiger partial charge in [0.1, 0.15) is 6.54 Å². The molecule has 0 aliphatic carbocycles. The Bertz CT molecular complexity index is 561. The Morgan fingerprint density at radius 2 is 1.38 bits per heavy atom. The lowest BCUT2D eigenvalue weighted by Crippen LogP contribution is -3.00. The van der Waals surface area contributed by atoms with Crippen LogP contribution >= 0.6 is 0 Å². The molecule has 240 valence electrons. The number of halogens is 1. The lowest BCUT2D eigenvalue weighted by atomic mass is 10.0. The van der Waals surface area contributed by atoms with Crippen molar-refractivity contribution in [3.05, 3.63) is 12.7 Å². The minimum Gasteiger partial charge on any atom is -1.00 e. The Hall–Kier alpha value is -0.220. The summed E-state index contributed by atoms with van der Waals surface area (Å²) in [6.07, 6.45) is 23.4. The predicted octanol–water partition coefficient (Wildman–Crippen LogP) is 4.62. The Morgan fingerprint density at radius 3 is 1.93 bits per heavy atom. The molecule has 0 saturated carbocycles. The number of aliphatic hydroxyl groups is 1. The minimum absolute atomic E-state index is 0.